The largest absolute Gasteiger partial charge is 0.381 e. The molecule has 0 bridgehead atoms. The van der Waals surface area contributed by atoms with Crippen molar-refractivity contribution < 1.29 is 23.5 Å². The molecule has 1 aromatic heterocycles. The van der Waals surface area contributed by atoms with Gasteiger partial charge in [-0.05, 0) is 46.0 Å². The first kappa shape index (κ1) is 23.4. The molecule has 1 unspecified atom stereocenters. The van der Waals surface area contributed by atoms with Gasteiger partial charge >= 0.3 is 0 Å². The lowest BCUT2D eigenvalue weighted by atomic mass is 9.88. The van der Waals surface area contributed by atoms with Crippen molar-refractivity contribution in [1.82, 2.24) is 10.1 Å². The summed E-state index contributed by atoms with van der Waals surface area (Å²) in [5, 5.41) is 4.24. The van der Waals surface area contributed by atoms with Gasteiger partial charge in [0.15, 0.2) is 12.1 Å². The van der Waals surface area contributed by atoms with Crippen molar-refractivity contribution in [3.8, 4) is 0 Å². The molecule has 0 spiro atoms. The summed E-state index contributed by atoms with van der Waals surface area (Å²) in [6.07, 6.45) is 5.50. The second kappa shape index (κ2) is 9.90. The number of methoxy groups -OCH3 is 1. The number of ketones is 1. The molecule has 3 rings (SSSR count). The number of hydrogen-bond acceptors (Lipinski definition) is 7. The Balaban J connectivity index is 1.55. The molecule has 7 nitrogen and oxygen atoms in total. The number of piperidine rings is 1. The molecular weight excluding hydrogens is 384 g/mol. The van der Waals surface area contributed by atoms with E-state index in [9.17, 15) is 4.79 Å². The minimum absolute atomic E-state index is 0.131. The van der Waals surface area contributed by atoms with Crippen LogP contribution in [-0.2, 0) is 30.8 Å². The Morgan fingerprint density at radius 1 is 1.20 bits per heavy atom. The molecule has 2 aliphatic rings. The first-order chi connectivity index (χ1) is 14.2. The number of ether oxygens (including phenoxy) is 3. The SMILES string of the molecule is COC1CCN(C(C)(C)C(=O)Cc2cc(C(C)(C)COC3CCCCO3)no2)CC1. The third kappa shape index (κ3) is 5.69. The van der Waals surface area contributed by atoms with Crippen molar-refractivity contribution in [2.45, 2.75) is 89.6 Å². The van der Waals surface area contributed by atoms with Crippen molar-refractivity contribution in [2.75, 3.05) is 33.4 Å². The zero-order chi connectivity index (χ0) is 21.8. The van der Waals surface area contributed by atoms with E-state index in [-0.39, 0.29) is 23.9 Å². The van der Waals surface area contributed by atoms with Gasteiger partial charge in [-0.3, -0.25) is 9.69 Å². The van der Waals surface area contributed by atoms with Crippen LogP contribution in [0, 0.1) is 0 Å². The highest BCUT2D eigenvalue weighted by molar-refractivity contribution is 5.89. The standard InChI is InChI=1S/C23H38N2O5/c1-22(2,16-29-21-8-6-7-13-28-21)19-14-18(30-24-19)15-20(26)23(3,4)25-11-9-17(27-5)10-12-25/h14,17,21H,6-13,15-16H2,1-5H3. The molecule has 7 heteroatoms. The van der Waals surface area contributed by atoms with Gasteiger partial charge in [0.2, 0.25) is 0 Å². The normalized spacial score (nSPS) is 22.4. The maximum absolute atomic E-state index is 13.1. The quantitative estimate of drug-likeness (QED) is 0.603. The molecule has 2 fully saturated rings. The molecule has 2 aliphatic heterocycles. The summed E-state index contributed by atoms with van der Waals surface area (Å²) in [4.78, 5) is 15.3. The predicted octanol–water partition coefficient (Wildman–Crippen LogP) is 3.50. The molecule has 30 heavy (non-hydrogen) atoms. The van der Waals surface area contributed by atoms with E-state index in [1.165, 1.54) is 0 Å². The third-order valence-electron chi connectivity index (χ3n) is 6.60. The molecular formula is C23H38N2O5. The maximum atomic E-state index is 13.1. The van der Waals surface area contributed by atoms with E-state index in [1.807, 2.05) is 19.9 Å². The third-order valence-corrected chi connectivity index (χ3v) is 6.60. The number of rotatable bonds is 9. The molecule has 0 radical (unpaired) electrons. The van der Waals surface area contributed by atoms with Crippen molar-refractivity contribution in [2.24, 2.45) is 0 Å². The van der Waals surface area contributed by atoms with Crippen LogP contribution in [0.1, 0.15) is 71.3 Å². The Bertz CT molecular complexity index is 686. The highest BCUT2D eigenvalue weighted by Gasteiger charge is 2.37. The number of carbonyl (C=O) groups is 1. The van der Waals surface area contributed by atoms with Crippen LogP contribution < -0.4 is 0 Å². The molecule has 0 amide bonds. The summed E-state index contributed by atoms with van der Waals surface area (Å²) in [6.45, 7) is 11.1. The highest BCUT2D eigenvalue weighted by atomic mass is 16.7. The van der Waals surface area contributed by atoms with E-state index < -0.39 is 5.54 Å². The Morgan fingerprint density at radius 3 is 2.57 bits per heavy atom. The second-order valence-electron chi connectivity index (χ2n) is 9.75. The van der Waals surface area contributed by atoms with E-state index in [4.69, 9.17) is 18.7 Å². The van der Waals surface area contributed by atoms with Gasteiger partial charge in [0, 0.05) is 38.3 Å². The van der Waals surface area contributed by atoms with Gasteiger partial charge in [-0.2, -0.15) is 0 Å². The van der Waals surface area contributed by atoms with Crippen LogP contribution in [-0.4, -0.2) is 67.2 Å². The van der Waals surface area contributed by atoms with Crippen molar-refractivity contribution in [3.05, 3.63) is 17.5 Å². The van der Waals surface area contributed by atoms with Crippen molar-refractivity contribution in [1.29, 1.82) is 0 Å². The van der Waals surface area contributed by atoms with Crippen LogP contribution in [0.3, 0.4) is 0 Å². The average molecular weight is 423 g/mol. The smallest absolute Gasteiger partial charge is 0.160 e. The van der Waals surface area contributed by atoms with Gasteiger partial charge < -0.3 is 18.7 Å². The van der Waals surface area contributed by atoms with Gasteiger partial charge in [0.1, 0.15) is 5.76 Å². The second-order valence-corrected chi connectivity index (χ2v) is 9.75. The zero-order valence-electron chi connectivity index (χ0n) is 19.2. The van der Waals surface area contributed by atoms with E-state index in [0.717, 1.165) is 57.5 Å². The molecule has 1 aromatic rings. The minimum atomic E-state index is -0.539. The predicted molar refractivity (Wildman–Crippen MR) is 113 cm³/mol. The number of hydrogen-bond donors (Lipinski definition) is 0. The Hall–Kier alpha value is -1.28. The Kier molecular flexibility index (Phi) is 7.71. The van der Waals surface area contributed by atoms with Crippen LogP contribution in [0.5, 0.6) is 0 Å². The molecule has 0 N–H and O–H groups in total. The average Bonchev–Trinajstić information content (AvgIpc) is 3.22. The molecule has 1 atom stereocenters. The Morgan fingerprint density at radius 2 is 1.93 bits per heavy atom. The van der Waals surface area contributed by atoms with Gasteiger partial charge in [-0.1, -0.05) is 19.0 Å². The lowest BCUT2D eigenvalue weighted by Crippen LogP contribution is -2.54. The van der Waals surface area contributed by atoms with E-state index in [2.05, 4.69) is 23.9 Å². The summed E-state index contributed by atoms with van der Waals surface area (Å²) in [6, 6.07) is 1.90. The fourth-order valence-corrected chi connectivity index (χ4v) is 4.13. The highest BCUT2D eigenvalue weighted by Crippen LogP contribution is 2.28. The van der Waals surface area contributed by atoms with E-state index >= 15 is 0 Å². The monoisotopic (exact) mass is 422 g/mol. The summed E-state index contributed by atoms with van der Waals surface area (Å²) in [5.41, 5.74) is -0.0500. The topological polar surface area (TPSA) is 74.0 Å². The lowest BCUT2D eigenvalue weighted by molar-refractivity contribution is -0.170. The maximum Gasteiger partial charge on any atom is 0.160 e. The first-order valence-electron chi connectivity index (χ1n) is 11.2. The van der Waals surface area contributed by atoms with Crippen LogP contribution in [0.2, 0.25) is 0 Å². The lowest BCUT2D eigenvalue weighted by Gasteiger charge is -2.41. The summed E-state index contributed by atoms with van der Waals surface area (Å²) >= 11 is 0. The first-order valence-corrected chi connectivity index (χ1v) is 11.2. The van der Waals surface area contributed by atoms with E-state index in [0.29, 0.717) is 18.5 Å². The fourth-order valence-electron chi connectivity index (χ4n) is 4.13. The van der Waals surface area contributed by atoms with Gasteiger partial charge in [0.05, 0.1) is 30.4 Å². The summed E-state index contributed by atoms with van der Waals surface area (Å²) < 4.78 is 22.6. The molecule has 2 saturated heterocycles. The number of carbonyl (C=O) groups excluding carboxylic acids is 1. The van der Waals surface area contributed by atoms with Crippen molar-refractivity contribution >= 4 is 5.78 Å². The Labute approximate surface area is 180 Å². The van der Waals surface area contributed by atoms with E-state index in [1.54, 1.807) is 7.11 Å². The molecule has 0 aromatic carbocycles. The number of nitrogens with zero attached hydrogens (tertiary/aromatic N) is 2. The number of aromatic nitrogens is 1. The number of likely N-dealkylation sites (tertiary alicyclic amines) is 1. The van der Waals surface area contributed by atoms with Crippen LogP contribution in [0.25, 0.3) is 0 Å². The van der Waals surface area contributed by atoms with Gasteiger partial charge in [-0.25, -0.2) is 0 Å². The number of Topliss-reactive ketones (excluding diaryl/α,β-unsaturated/α-hetero) is 1. The summed E-state index contributed by atoms with van der Waals surface area (Å²) in [5.74, 6) is 0.752. The summed E-state index contributed by atoms with van der Waals surface area (Å²) in [7, 11) is 1.76. The zero-order valence-corrected chi connectivity index (χ0v) is 19.2. The molecule has 170 valence electrons. The van der Waals surface area contributed by atoms with Crippen LogP contribution >= 0.6 is 0 Å². The molecule has 0 saturated carbocycles. The van der Waals surface area contributed by atoms with Crippen LogP contribution in [0.4, 0.5) is 0 Å². The fraction of sp³-hybridized carbons (Fsp3) is 0.826. The molecule has 3 heterocycles. The van der Waals surface area contributed by atoms with Crippen molar-refractivity contribution in [3.63, 3.8) is 0 Å². The molecule has 0 aliphatic carbocycles. The van der Waals surface area contributed by atoms with Gasteiger partial charge in [-0.15, -0.1) is 0 Å². The van der Waals surface area contributed by atoms with Gasteiger partial charge in [0.25, 0.3) is 0 Å². The van der Waals surface area contributed by atoms with Crippen LogP contribution in [0.15, 0.2) is 10.6 Å². The minimum Gasteiger partial charge on any atom is -0.381 e.